The summed E-state index contributed by atoms with van der Waals surface area (Å²) in [5.41, 5.74) is 6.53. The van der Waals surface area contributed by atoms with E-state index < -0.39 is 0 Å². The normalized spacial score (nSPS) is 13.7. The third kappa shape index (κ3) is 3.05. The van der Waals surface area contributed by atoms with E-state index in [-0.39, 0.29) is 37.6 Å². The van der Waals surface area contributed by atoms with Crippen LogP contribution in [-0.2, 0) is 16.0 Å². The van der Waals surface area contributed by atoms with Gasteiger partial charge in [0.1, 0.15) is 0 Å². The van der Waals surface area contributed by atoms with Crippen LogP contribution in [0.4, 0.5) is 0 Å². The van der Waals surface area contributed by atoms with Gasteiger partial charge in [0, 0.05) is 6.54 Å². The maximum atomic E-state index is 11.4. The van der Waals surface area contributed by atoms with Crippen molar-refractivity contribution >= 4 is 18.4 Å². The minimum Gasteiger partial charge on any atom is -0.469 e. The Bertz CT molecular complexity index is 425. The van der Waals surface area contributed by atoms with Gasteiger partial charge < -0.3 is 19.9 Å². The van der Waals surface area contributed by atoms with Gasteiger partial charge in [-0.25, -0.2) is 0 Å². The molecule has 0 saturated carbocycles. The number of methoxy groups -OCH3 is 1. The molecule has 0 aliphatic carbocycles. The Hall–Kier alpha value is -1.46. The van der Waals surface area contributed by atoms with Crippen molar-refractivity contribution in [2.24, 2.45) is 11.7 Å². The molecule has 0 fully saturated rings. The summed E-state index contributed by atoms with van der Waals surface area (Å²) in [5.74, 6) is 0.838. The maximum Gasteiger partial charge on any atom is 0.310 e. The zero-order chi connectivity index (χ0) is 12.3. The monoisotopic (exact) mass is 273 g/mol. The molecule has 0 saturated heterocycles. The molecule has 0 spiro atoms. The van der Waals surface area contributed by atoms with Gasteiger partial charge in [0.15, 0.2) is 11.5 Å². The molecule has 1 atom stereocenters. The Labute approximate surface area is 112 Å². The predicted molar refractivity (Wildman–Crippen MR) is 68.1 cm³/mol. The molecule has 1 aromatic rings. The van der Waals surface area contributed by atoms with Gasteiger partial charge in [0.2, 0.25) is 6.79 Å². The molecule has 1 unspecified atom stereocenters. The smallest absolute Gasteiger partial charge is 0.310 e. The molecule has 1 aliphatic rings. The van der Waals surface area contributed by atoms with Crippen molar-refractivity contribution in [1.29, 1.82) is 0 Å². The van der Waals surface area contributed by atoms with E-state index in [1.165, 1.54) is 7.11 Å². The Morgan fingerprint density at radius 1 is 1.44 bits per heavy atom. The van der Waals surface area contributed by atoms with Gasteiger partial charge in [-0.15, -0.1) is 12.4 Å². The van der Waals surface area contributed by atoms with E-state index >= 15 is 0 Å². The van der Waals surface area contributed by atoms with Crippen molar-refractivity contribution in [3.63, 3.8) is 0 Å². The SMILES string of the molecule is COC(=O)C(CN)Cc1ccc2c(c1)OCO2.Cl. The summed E-state index contributed by atoms with van der Waals surface area (Å²) in [6.07, 6.45) is 0.541. The van der Waals surface area contributed by atoms with E-state index in [0.717, 1.165) is 11.3 Å². The van der Waals surface area contributed by atoms with Crippen molar-refractivity contribution in [3.05, 3.63) is 23.8 Å². The summed E-state index contributed by atoms with van der Waals surface area (Å²) < 4.78 is 15.2. The average Bonchev–Trinajstić information content (AvgIpc) is 2.82. The topological polar surface area (TPSA) is 70.8 Å². The van der Waals surface area contributed by atoms with Crippen LogP contribution in [0, 0.1) is 5.92 Å². The van der Waals surface area contributed by atoms with E-state index in [2.05, 4.69) is 0 Å². The zero-order valence-corrected chi connectivity index (χ0v) is 10.9. The van der Waals surface area contributed by atoms with E-state index in [9.17, 15) is 4.79 Å². The van der Waals surface area contributed by atoms with Gasteiger partial charge in [0.05, 0.1) is 13.0 Å². The number of carbonyl (C=O) groups excluding carboxylic acids is 1. The fourth-order valence-electron chi connectivity index (χ4n) is 1.78. The van der Waals surface area contributed by atoms with Crippen molar-refractivity contribution in [2.75, 3.05) is 20.4 Å². The second-order valence-corrected chi connectivity index (χ2v) is 3.85. The first kappa shape index (κ1) is 14.6. The third-order valence-corrected chi connectivity index (χ3v) is 2.74. The highest BCUT2D eigenvalue weighted by Gasteiger charge is 2.20. The van der Waals surface area contributed by atoms with Gasteiger partial charge in [-0.3, -0.25) is 4.79 Å². The molecule has 6 heteroatoms. The molecule has 1 heterocycles. The molecule has 0 amide bonds. The van der Waals surface area contributed by atoms with Crippen molar-refractivity contribution in [2.45, 2.75) is 6.42 Å². The molecule has 0 radical (unpaired) electrons. The number of benzene rings is 1. The number of halogens is 1. The summed E-state index contributed by atoms with van der Waals surface area (Å²) in [6, 6.07) is 5.61. The summed E-state index contributed by atoms with van der Waals surface area (Å²) >= 11 is 0. The molecular formula is C12H16ClNO4. The number of esters is 1. The highest BCUT2D eigenvalue weighted by atomic mass is 35.5. The van der Waals surface area contributed by atoms with Crippen LogP contribution in [0.3, 0.4) is 0 Å². The molecule has 2 rings (SSSR count). The number of carbonyl (C=O) groups is 1. The first-order valence-electron chi connectivity index (χ1n) is 5.41. The van der Waals surface area contributed by atoms with Crippen LogP contribution in [0.25, 0.3) is 0 Å². The van der Waals surface area contributed by atoms with Gasteiger partial charge in [-0.1, -0.05) is 6.07 Å². The second kappa shape index (κ2) is 6.47. The first-order valence-corrected chi connectivity index (χ1v) is 5.41. The van der Waals surface area contributed by atoms with Gasteiger partial charge in [0.25, 0.3) is 0 Å². The Kier molecular flexibility index (Phi) is 5.25. The quantitative estimate of drug-likeness (QED) is 0.833. The average molecular weight is 274 g/mol. The van der Waals surface area contributed by atoms with Crippen LogP contribution in [0.15, 0.2) is 18.2 Å². The molecule has 100 valence electrons. The van der Waals surface area contributed by atoms with E-state index in [1.54, 1.807) is 0 Å². The molecule has 2 N–H and O–H groups in total. The fraction of sp³-hybridized carbons (Fsp3) is 0.417. The van der Waals surface area contributed by atoms with Crippen LogP contribution < -0.4 is 15.2 Å². The van der Waals surface area contributed by atoms with Crippen LogP contribution in [0.5, 0.6) is 11.5 Å². The van der Waals surface area contributed by atoms with Crippen LogP contribution in [0.1, 0.15) is 5.56 Å². The highest BCUT2D eigenvalue weighted by Crippen LogP contribution is 2.33. The van der Waals surface area contributed by atoms with Crippen LogP contribution >= 0.6 is 12.4 Å². The van der Waals surface area contributed by atoms with Crippen LogP contribution in [-0.4, -0.2) is 26.4 Å². The largest absolute Gasteiger partial charge is 0.469 e. The zero-order valence-electron chi connectivity index (χ0n) is 10.0. The molecular weight excluding hydrogens is 258 g/mol. The number of rotatable bonds is 4. The molecule has 5 nitrogen and oxygen atoms in total. The van der Waals surface area contributed by atoms with Gasteiger partial charge in [-0.05, 0) is 24.1 Å². The fourth-order valence-corrected chi connectivity index (χ4v) is 1.78. The summed E-state index contributed by atoms with van der Waals surface area (Å²) in [6.45, 7) is 0.511. The summed E-state index contributed by atoms with van der Waals surface area (Å²) in [7, 11) is 1.37. The van der Waals surface area contributed by atoms with Crippen molar-refractivity contribution in [3.8, 4) is 11.5 Å². The number of ether oxygens (including phenoxy) is 3. The van der Waals surface area contributed by atoms with E-state index in [1.807, 2.05) is 18.2 Å². The Balaban J connectivity index is 0.00000162. The van der Waals surface area contributed by atoms with E-state index in [0.29, 0.717) is 12.2 Å². The summed E-state index contributed by atoms with van der Waals surface area (Å²) in [4.78, 5) is 11.4. The lowest BCUT2D eigenvalue weighted by Gasteiger charge is -2.12. The molecule has 1 aromatic carbocycles. The van der Waals surface area contributed by atoms with Crippen molar-refractivity contribution < 1.29 is 19.0 Å². The minimum absolute atomic E-state index is 0. The molecule has 0 bridgehead atoms. The number of hydrogen-bond acceptors (Lipinski definition) is 5. The highest BCUT2D eigenvalue weighted by molar-refractivity contribution is 5.85. The minimum atomic E-state index is -0.319. The lowest BCUT2D eigenvalue weighted by Crippen LogP contribution is -2.26. The summed E-state index contributed by atoms with van der Waals surface area (Å²) in [5, 5.41) is 0. The Morgan fingerprint density at radius 3 is 2.83 bits per heavy atom. The van der Waals surface area contributed by atoms with Gasteiger partial charge >= 0.3 is 5.97 Å². The van der Waals surface area contributed by atoms with Gasteiger partial charge in [-0.2, -0.15) is 0 Å². The number of nitrogens with two attached hydrogens (primary N) is 1. The Morgan fingerprint density at radius 2 is 2.17 bits per heavy atom. The lowest BCUT2D eigenvalue weighted by molar-refractivity contribution is -0.145. The predicted octanol–water partition coefficient (Wildman–Crippen LogP) is 1.13. The molecule has 1 aliphatic heterocycles. The standard InChI is InChI=1S/C12H15NO4.ClH/c1-15-12(14)9(6-13)4-8-2-3-10-11(5-8)17-7-16-10;/h2-3,5,9H,4,6-7,13H2,1H3;1H. The molecule has 0 aromatic heterocycles. The second-order valence-electron chi connectivity index (χ2n) is 3.85. The maximum absolute atomic E-state index is 11.4. The number of fused-ring (bicyclic) bond motifs is 1. The van der Waals surface area contributed by atoms with E-state index in [4.69, 9.17) is 19.9 Å². The first-order chi connectivity index (χ1) is 8.24. The van der Waals surface area contributed by atoms with Crippen LogP contribution in [0.2, 0.25) is 0 Å². The third-order valence-electron chi connectivity index (χ3n) is 2.74. The van der Waals surface area contributed by atoms with Crippen molar-refractivity contribution in [1.82, 2.24) is 0 Å². The molecule has 18 heavy (non-hydrogen) atoms. The number of hydrogen-bond donors (Lipinski definition) is 1. The lowest BCUT2D eigenvalue weighted by atomic mass is 9.99.